The van der Waals surface area contributed by atoms with Crippen LogP contribution >= 0.6 is 23.2 Å². The largest absolute Gasteiger partial charge is 0.524 e. The Bertz CT molecular complexity index is 1170. The third-order valence-electron chi connectivity index (χ3n) is 4.98. The van der Waals surface area contributed by atoms with Gasteiger partial charge in [-0.3, -0.25) is 4.74 Å². The highest BCUT2D eigenvalue weighted by Crippen LogP contribution is 2.48. The van der Waals surface area contributed by atoms with Crippen molar-refractivity contribution in [2.24, 2.45) is 0 Å². The molecule has 1 unspecified atom stereocenters. The molecule has 2 N–H and O–H groups in total. The first-order valence-corrected chi connectivity index (χ1v) is 11.8. The number of hydrogen-bond acceptors (Lipinski definition) is 5. The second-order valence-electron chi connectivity index (χ2n) is 7.76. The number of nitrogens with one attached hydrogen (secondary N) is 2. The van der Waals surface area contributed by atoms with E-state index in [1.54, 1.807) is 61.5 Å². The van der Waals surface area contributed by atoms with E-state index in [0.717, 1.165) is 0 Å². The topological polar surface area (TPSA) is 85.9 Å². The minimum Gasteiger partial charge on any atom is -0.482 e. The van der Waals surface area contributed by atoms with Gasteiger partial charge in [0.05, 0.1) is 11.6 Å². The van der Waals surface area contributed by atoms with Crippen LogP contribution in [0.25, 0.3) is 5.57 Å². The number of esters is 1. The molecule has 0 bridgehead atoms. The van der Waals surface area contributed by atoms with Crippen LogP contribution in [0.1, 0.15) is 24.5 Å². The first-order chi connectivity index (χ1) is 17.5. The molecule has 37 heavy (non-hydrogen) atoms. The number of benzene rings is 2. The lowest BCUT2D eigenvalue weighted by Gasteiger charge is -2.35. The van der Waals surface area contributed by atoms with Gasteiger partial charge in [-0.15, -0.1) is 13.2 Å². The second-order valence-corrected chi connectivity index (χ2v) is 8.77. The Labute approximate surface area is 221 Å². The normalized spacial score (nSPS) is 17.6. The molecule has 0 radical (unpaired) electrons. The summed E-state index contributed by atoms with van der Waals surface area (Å²) in [6, 6.07) is 13.9. The summed E-state index contributed by atoms with van der Waals surface area (Å²) in [7, 11) is 0. The number of amides is 2. The summed E-state index contributed by atoms with van der Waals surface area (Å²) < 4.78 is 54.0. The number of halogens is 5. The first kappa shape index (κ1) is 28.4. The van der Waals surface area contributed by atoms with E-state index in [1.165, 1.54) is 6.08 Å². The summed E-state index contributed by atoms with van der Waals surface area (Å²) in [5.41, 5.74) is 1.02. The highest BCUT2D eigenvalue weighted by molar-refractivity contribution is 6.39. The first-order valence-electron chi connectivity index (χ1n) is 11.0. The molecule has 198 valence electrons. The maximum Gasteiger partial charge on any atom is 0.524 e. The molecule has 3 rings (SSSR count). The lowest BCUT2D eigenvalue weighted by atomic mass is 9.92. The fourth-order valence-electron chi connectivity index (χ4n) is 3.52. The lowest BCUT2D eigenvalue weighted by Crippen LogP contribution is -2.41. The number of alkyl halides is 4. The number of carbonyl (C=O) groups is 2. The molecule has 0 aliphatic heterocycles. The van der Waals surface area contributed by atoms with Crippen LogP contribution in [0, 0.1) is 0 Å². The highest BCUT2D eigenvalue weighted by Gasteiger charge is 2.48. The predicted molar refractivity (Wildman–Crippen MR) is 132 cm³/mol. The van der Waals surface area contributed by atoms with Gasteiger partial charge in [-0.25, -0.2) is 9.59 Å². The molecule has 0 heterocycles. The van der Waals surface area contributed by atoms with Crippen molar-refractivity contribution in [3.63, 3.8) is 0 Å². The van der Waals surface area contributed by atoms with Crippen LogP contribution in [0.15, 0.2) is 71.4 Å². The molecule has 2 amide bonds. The third kappa shape index (κ3) is 8.41. The Balaban J connectivity index is 1.64. The summed E-state index contributed by atoms with van der Waals surface area (Å²) in [4.78, 5) is 23.8. The molecule has 12 heteroatoms. The minimum absolute atomic E-state index is 0.0316. The van der Waals surface area contributed by atoms with Crippen LogP contribution in [0.2, 0.25) is 0 Å². The van der Waals surface area contributed by atoms with E-state index in [4.69, 9.17) is 32.7 Å². The molecule has 0 fully saturated rings. The highest BCUT2D eigenvalue weighted by atomic mass is 35.5. The Morgan fingerprint density at radius 1 is 1.08 bits per heavy atom. The average molecular weight is 559 g/mol. The summed E-state index contributed by atoms with van der Waals surface area (Å²) in [6.45, 7) is 1.81. The van der Waals surface area contributed by atoms with Gasteiger partial charge in [0, 0.05) is 24.2 Å². The van der Waals surface area contributed by atoms with Gasteiger partial charge in [0.1, 0.15) is 5.75 Å². The van der Waals surface area contributed by atoms with Gasteiger partial charge in [0.2, 0.25) is 0 Å². The van der Waals surface area contributed by atoms with Gasteiger partial charge in [0.25, 0.3) is 0 Å². The molecule has 0 saturated carbocycles. The summed E-state index contributed by atoms with van der Waals surface area (Å²) >= 11 is 12.7. The zero-order chi connectivity index (χ0) is 27.1. The standard InChI is InChI=1S/C25H23Cl2F3N2O5/c1-2-35-21(33)15-36-19-10-8-16(9-11-19)14-31-23(34)32-18-12-20(26)22(17-6-4-3-5-7-17)24(27,13-18)37-25(28,29)30/h3-12H,2,13-15H2,1H3,(H2,31,32,34). The van der Waals surface area contributed by atoms with Crippen molar-refractivity contribution >= 4 is 40.8 Å². The van der Waals surface area contributed by atoms with Crippen molar-refractivity contribution in [1.82, 2.24) is 10.6 Å². The van der Waals surface area contributed by atoms with E-state index in [0.29, 0.717) is 16.9 Å². The Morgan fingerprint density at radius 3 is 2.38 bits per heavy atom. The van der Waals surface area contributed by atoms with E-state index in [9.17, 15) is 22.8 Å². The second kappa shape index (κ2) is 12.4. The number of carbonyl (C=O) groups excluding carboxylic acids is 2. The van der Waals surface area contributed by atoms with Crippen molar-refractivity contribution in [1.29, 1.82) is 0 Å². The zero-order valence-electron chi connectivity index (χ0n) is 19.5. The average Bonchev–Trinajstić information content (AvgIpc) is 2.81. The van der Waals surface area contributed by atoms with Gasteiger partial charge in [-0.2, -0.15) is 0 Å². The van der Waals surface area contributed by atoms with Crippen molar-refractivity contribution in [3.8, 4) is 5.75 Å². The zero-order valence-corrected chi connectivity index (χ0v) is 21.0. The van der Waals surface area contributed by atoms with E-state index in [2.05, 4.69) is 15.4 Å². The van der Waals surface area contributed by atoms with Crippen LogP contribution in [-0.4, -0.2) is 36.6 Å². The van der Waals surface area contributed by atoms with E-state index in [-0.39, 0.29) is 36.1 Å². The molecule has 2 aromatic rings. The SMILES string of the molecule is CCOC(=O)COc1ccc(CNC(=O)NC2=CC(Cl)=C(c3ccccc3)C(Cl)(OC(F)(F)F)C2)cc1. The van der Waals surface area contributed by atoms with Crippen molar-refractivity contribution < 1.29 is 37.0 Å². The molecule has 0 aromatic heterocycles. The summed E-state index contributed by atoms with van der Waals surface area (Å²) in [5.74, 6) is -0.0539. The Kier molecular flexibility index (Phi) is 9.47. The number of ether oxygens (including phenoxy) is 3. The number of urea groups is 1. The van der Waals surface area contributed by atoms with Crippen LogP contribution in [0.3, 0.4) is 0 Å². The maximum absolute atomic E-state index is 13.2. The smallest absolute Gasteiger partial charge is 0.482 e. The van der Waals surface area contributed by atoms with Crippen LogP contribution in [0.4, 0.5) is 18.0 Å². The van der Waals surface area contributed by atoms with E-state index < -0.39 is 29.8 Å². The maximum atomic E-state index is 13.2. The number of rotatable bonds is 9. The van der Waals surface area contributed by atoms with Gasteiger partial charge in [0.15, 0.2) is 11.7 Å². The van der Waals surface area contributed by atoms with Crippen LogP contribution < -0.4 is 15.4 Å². The molecule has 0 spiro atoms. The van der Waals surface area contributed by atoms with Gasteiger partial charge in [-0.05, 0) is 36.3 Å². The monoisotopic (exact) mass is 558 g/mol. The Morgan fingerprint density at radius 2 is 1.76 bits per heavy atom. The van der Waals surface area contributed by atoms with Gasteiger partial charge >= 0.3 is 18.4 Å². The van der Waals surface area contributed by atoms with E-state index >= 15 is 0 Å². The fraction of sp³-hybridized carbons (Fsp3) is 0.280. The fourth-order valence-corrected chi connectivity index (χ4v) is 4.40. The molecule has 1 atom stereocenters. The van der Waals surface area contributed by atoms with Crippen LogP contribution in [0.5, 0.6) is 5.75 Å². The van der Waals surface area contributed by atoms with Gasteiger partial charge < -0.3 is 20.1 Å². The molecule has 1 aliphatic carbocycles. The summed E-state index contributed by atoms with van der Waals surface area (Å²) in [6.07, 6.45) is -4.23. The molecule has 2 aromatic carbocycles. The lowest BCUT2D eigenvalue weighted by molar-refractivity contribution is -0.342. The van der Waals surface area contributed by atoms with E-state index in [1.807, 2.05) is 0 Å². The van der Waals surface area contributed by atoms with Crippen molar-refractivity contribution in [2.45, 2.75) is 31.3 Å². The third-order valence-corrected chi connectivity index (χ3v) is 5.68. The number of allylic oxidation sites excluding steroid dienone is 2. The Hall–Kier alpha value is -3.21. The summed E-state index contributed by atoms with van der Waals surface area (Å²) in [5, 5.41) is 2.57. The molecule has 0 saturated heterocycles. The quantitative estimate of drug-likeness (QED) is 0.298. The minimum atomic E-state index is -5.06. The predicted octanol–water partition coefficient (Wildman–Crippen LogP) is 5.84. The molecular weight excluding hydrogens is 536 g/mol. The van der Waals surface area contributed by atoms with Crippen molar-refractivity contribution in [3.05, 3.63) is 82.5 Å². The van der Waals surface area contributed by atoms with Crippen LogP contribution in [-0.2, 0) is 20.8 Å². The van der Waals surface area contributed by atoms with Gasteiger partial charge in [-0.1, -0.05) is 65.7 Å². The number of hydrogen-bond donors (Lipinski definition) is 2. The molecule has 1 aliphatic rings. The molecular formula is C25H23Cl2F3N2O5. The van der Waals surface area contributed by atoms with Crippen molar-refractivity contribution in [2.75, 3.05) is 13.2 Å². The molecule has 7 nitrogen and oxygen atoms in total.